The molecule has 0 aromatic carbocycles. The van der Waals surface area contributed by atoms with E-state index in [1.807, 2.05) is 6.07 Å². The van der Waals surface area contributed by atoms with Gasteiger partial charge in [-0.15, -0.1) is 0 Å². The number of pyridine rings is 2. The number of hydrogen-bond acceptors (Lipinski definition) is 10. The zero-order chi connectivity index (χ0) is 25.2. The molecule has 5 N–H and O–H groups in total. The van der Waals surface area contributed by atoms with E-state index in [1.54, 1.807) is 18.5 Å². The number of likely N-dealkylation sites (tertiary alicyclic amines) is 1. The van der Waals surface area contributed by atoms with Gasteiger partial charge >= 0.3 is 0 Å². The van der Waals surface area contributed by atoms with Gasteiger partial charge in [0.2, 0.25) is 11.7 Å². The number of hydrazine groups is 1. The van der Waals surface area contributed by atoms with Crippen molar-refractivity contribution in [1.82, 2.24) is 30.0 Å². The highest BCUT2D eigenvalue weighted by Gasteiger charge is 2.32. The lowest BCUT2D eigenvalue weighted by molar-refractivity contribution is -0.127. The van der Waals surface area contributed by atoms with Crippen LogP contribution in [0.15, 0.2) is 53.8 Å². The Hall–Kier alpha value is -4.65. The molecule has 0 bridgehead atoms. The van der Waals surface area contributed by atoms with Crippen LogP contribution in [0.1, 0.15) is 35.0 Å². The van der Waals surface area contributed by atoms with Gasteiger partial charge in [-0.05, 0) is 25.0 Å². The Morgan fingerprint density at radius 2 is 2.08 bits per heavy atom. The van der Waals surface area contributed by atoms with Crippen LogP contribution in [-0.2, 0) is 4.79 Å². The molecule has 1 fully saturated rings. The van der Waals surface area contributed by atoms with Gasteiger partial charge in [0.1, 0.15) is 0 Å². The zero-order valence-corrected chi connectivity index (χ0v) is 19.0. The van der Waals surface area contributed by atoms with Gasteiger partial charge in [0, 0.05) is 55.6 Å². The van der Waals surface area contributed by atoms with E-state index in [9.17, 15) is 14.0 Å². The Labute approximate surface area is 203 Å². The maximum absolute atomic E-state index is 14.7. The van der Waals surface area contributed by atoms with E-state index in [1.165, 1.54) is 23.5 Å². The van der Waals surface area contributed by atoms with E-state index in [2.05, 4.69) is 25.1 Å². The van der Waals surface area contributed by atoms with Crippen molar-refractivity contribution in [2.45, 2.75) is 18.8 Å². The molecule has 0 radical (unpaired) electrons. The summed E-state index contributed by atoms with van der Waals surface area (Å²) in [6.45, 7) is 0.630. The molecule has 4 aromatic rings. The molecule has 5 rings (SSSR count). The number of nitrogens with one attached hydrogen (secondary N) is 1. The lowest BCUT2D eigenvalue weighted by atomic mass is 9.96. The minimum Gasteiger partial charge on any atom is -0.403 e. The fraction of sp³-hybridized carbons (Fsp3) is 0.217. The van der Waals surface area contributed by atoms with Crippen LogP contribution < -0.4 is 16.6 Å². The fourth-order valence-corrected chi connectivity index (χ4v) is 4.23. The zero-order valence-electron chi connectivity index (χ0n) is 19.0. The Balaban J connectivity index is 1.30. The Bertz CT molecular complexity index is 1440. The molecule has 12 nitrogen and oxygen atoms in total. The third-order valence-electron chi connectivity index (χ3n) is 6.07. The highest BCUT2D eigenvalue weighted by Crippen LogP contribution is 2.31. The van der Waals surface area contributed by atoms with Crippen molar-refractivity contribution >= 4 is 28.4 Å². The number of rotatable bonds is 6. The van der Waals surface area contributed by atoms with Crippen molar-refractivity contribution in [1.29, 1.82) is 0 Å². The minimum absolute atomic E-state index is 0.0487. The standard InChI is InChI=1S/C23H22FN9O3/c24-16-12-29-21(33(26)9-5-25)18-17(16)15(11-28-18)19(34)23(35)32-7-3-13(4-8-32)22-30-20(31-36-22)14-2-1-6-27-10-14/h1-2,5-6,9-13,28H,3-4,7-8,25-26H2/b9-5-. The summed E-state index contributed by atoms with van der Waals surface area (Å²) < 4.78 is 20.1. The number of piperidine rings is 1. The monoisotopic (exact) mass is 491 g/mol. The van der Waals surface area contributed by atoms with Gasteiger partial charge in [-0.2, -0.15) is 4.98 Å². The number of fused-ring (bicyclic) bond motifs is 1. The van der Waals surface area contributed by atoms with Crippen LogP contribution >= 0.6 is 0 Å². The maximum Gasteiger partial charge on any atom is 0.295 e. The predicted molar refractivity (Wildman–Crippen MR) is 126 cm³/mol. The van der Waals surface area contributed by atoms with Gasteiger partial charge in [0.05, 0.1) is 22.7 Å². The van der Waals surface area contributed by atoms with Crippen molar-refractivity contribution < 1.29 is 18.5 Å². The molecule has 4 aromatic heterocycles. The molecule has 0 atom stereocenters. The van der Waals surface area contributed by atoms with Crippen LogP contribution in [0.25, 0.3) is 22.3 Å². The van der Waals surface area contributed by atoms with E-state index in [-0.39, 0.29) is 28.2 Å². The van der Waals surface area contributed by atoms with Crippen LogP contribution in [0.5, 0.6) is 0 Å². The van der Waals surface area contributed by atoms with Crippen LogP contribution in [0.4, 0.5) is 10.2 Å². The molecule has 1 amide bonds. The molecule has 13 heteroatoms. The van der Waals surface area contributed by atoms with Crippen LogP contribution in [0.3, 0.4) is 0 Å². The predicted octanol–water partition coefficient (Wildman–Crippen LogP) is 1.85. The maximum atomic E-state index is 14.7. The summed E-state index contributed by atoms with van der Waals surface area (Å²) in [5, 5.41) is 5.03. The summed E-state index contributed by atoms with van der Waals surface area (Å²) >= 11 is 0. The third kappa shape index (κ3) is 4.15. The number of aromatic amines is 1. The molecule has 1 saturated heterocycles. The normalized spacial score (nSPS) is 14.6. The summed E-state index contributed by atoms with van der Waals surface area (Å²) in [6, 6.07) is 3.62. The van der Waals surface area contributed by atoms with E-state index in [0.717, 1.165) is 16.8 Å². The Kier molecular flexibility index (Phi) is 6.12. The Morgan fingerprint density at radius 1 is 1.28 bits per heavy atom. The Morgan fingerprint density at radius 3 is 2.81 bits per heavy atom. The van der Waals surface area contributed by atoms with E-state index in [4.69, 9.17) is 16.1 Å². The second kappa shape index (κ2) is 9.54. The van der Waals surface area contributed by atoms with Gasteiger partial charge in [-0.3, -0.25) is 19.6 Å². The number of halogens is 1. The second-order valence-corrected chi connectivity index (χ2v) is 8.22. The average Bonchev–Trinajstić information content (AvgIpc) is 3.58. The molecule has 0 unspecified atom stereocenters. The molecule has 0 aliphatic carbocycles. The first-order valence-electron chi connectivity index (χ1n) is 11.1. The quantitative estimate of drug-likeness (QED) is 0.156. The average molecular weight is 491 g/mol. The number of carbonyl (C=O) groups is 2. The number of carbonyl (C=O) groups excluding carboxylic acids is 2. The summed E-state index contributed by atoms with van der Waals surface area (Å²) in [4.78, 5) is 42.8. The smallest absolute Gasteiger partial charge is 0.295 e. The lowest BCUT2D eigenvalue weighted by Gasteiger charge is -2.29. The molecule has 184 valence electrons. The van der Waals surface area contributed by atoms with E-state index < -0.39 is 17.5 Å². The number of Topliss-reactive ketones (excluding diaryl/α,β-unsaturated/α-hetero) is 1. The van der Waals surface area contributed by atoms with Gasteiger partial charge in [-0.25, -0.2) is 15.2 Å². The fourth-order valence-electron chi connectivity index (χ4n) is 4.23. The summed E-state index contributed by atoms with van der Waals surface area (Å²) in [5.41, 5.74) is 6.18. The van der Waals surface area contributed by atoms with Gasteiger partial charge < -0.3 is 20.1 Å². The van der Waals surface area contributed by atoms with E-state index in [0.29, 0.717) is 37.6 Å². The van der Waals surface area contributed by atoms with Gasteiger partial charge in [0.15, 0.2) is 11.6 Å². The highest BCUT2D eigenvalue weighted by molar-refractivity contribution is 6.45. The first-order chi connectivity index (χ1) is 17.5. The van der Waals surface area contributed by atoms with Crippen molar-refractivity contribution in [2.24, 2.45) is 11.6 Å². The number of nitrogens with zero attached hydrogens (tertiary/aromatic N) is 6. The number of amides is 1. The molecule has 5 heterocycles. The number of aromatic nitrogens is 5. The molecule has 36 heavy (non-hydrogen) atoms. The highest BCUT2D eigenvalue weighted by atomic mass is 19.1. The van der Waals surface area contributed by atoms with Crippen molar-refractivity contribution in [3.05, 3.63) is 66.6 Å². The molecular weight excluding hydrogens is 469 g/mol. The molecule has 0 saturated carbocycles. The number of H-pyrrole nitrogens is 1. The first-order valence-corrected chi connectivity index (χ1v) is 11.1. The summed E-state index contributed by atoms with van der Waals surface area (Å²) in [7, 11) is 0. The number of anilines is 1. The number of nitrogens with two attached hydrogens (primary N) is 2. The SMILES string of the molecule is N/C=C\N(N)c1ncc(F)c2c(C(=O)C(=O)N3CCC(c4nc(-c5cccnc5)no4)CC3)c[nH]c12. The van der Waals surface area contributed by atoms with Crippen molar-refractivity contribution in [3.8, 4) is 11.4 Å². The molecule has 1 aliphatic heterocycles. The minimum atomic E-state index is -0.828. The number of hydrogen-bond donors (Lipinski definition) is 3. The van der Waals surface area contributed by atoms with Gasteiger partial charge in [0.25, 0.3) is 11.7 Å². The van der Waals surface area contributed by atoms with Crippen LogP contribution in [-0.4, -0.2) is 54.8 Å². The topological polar surface area (TPSA) is 173 Å². The molecular formula is C23H22FN9O3. The molecule has 1 aliphatic rings. The summed E-state index contributed by atoms with van der Waals surface area (Å²) in [6.07, 6.45) is 9.11. The van der Waals surface area contributed by atoms with E-state index >= 15 is 0 Å². The lowest BCUT2D eigenvalue weighted by Crippen LogP contribution is -2.41. The largest absolute Gasteiger partial charge is 0.403 e. The molecule has 0 spiro atoms. The number of ketones is 1. The van der Waals surface area contributed by atoms with Crippen molar-refractivity contribution in [2.75, 3.05) is 18.1 Å². The third-order valence-corrected chi connectivity index (χ3v) is 6.07. The van der Waals surface area contributed by atoms with Crippen LogP contribution in [0, 0.1) is 5.82 Å². The van der Waals surface area contributed by atoms with Crippen LogP contribution in [0.2, 0.25) is 0 Å². The van der Waals surface area contributed by atoms with Gasteiger partial charge in [-0.1, -0.05) is 5.16 Å². The van der Waals surface area contributed by atoms with Crippen molar-refractivity contribution in [3.63, 3.8) is 0 Å². The second-order valence-electron chi connectivity index (χ2n) is 8.22. The summed E-state index contributed by atoms with van der Waals surface area (Å²) in [5.74, 6) is 4.57. The first kappa shape index (κ1) is 23.1.